The quantitative estimate of drug-likeness (QED) is 0.838. The van der Waals surface area contributed by atoms with Crippen LogP contribution in [0, 0.1) is 17.5 Å². The summed E-state index contributed by atoms with van der Waals surface area (Å²) in [6.45, 7) is 5.77. The number of nitrogens with zero attached hydrogens (tertiary/aromatic N) is 1. The van der Waals surface area contributed by atoms with Crippen molar-refractivity contribution in [1.29, 1.82) is 0 Å². The topological polar surface area (TPSA) is 38.8 Å². The number of hydrogen-bond acceptors (Lipinski definition) is 3. The van der Waals surface area contributed by atoms with Crippen LogP contribution in [0.5, 0.6) is 5.75 Å². The number of halogens is 3. The second kappa shape index (κ2) is 6.06. The Morgan fingerprint density at radius 1 is 1.23 bits per heavy atom. The van der Waals surface area contributed by atoms with Gasteiger partial charge in [0.15, 0.2) is 17.4 Å². The van der Waals surface area contributed by atoms with E-state index in [9.17, 15) is 18.0 Å². The van der Waals surface area contributed by atoms with Gasteiger partial charge in [-0.3, -0.25) is 0 Å². The molecule has 0 saturated carbocycles. The number of ether oxygens (including phenoxy) is 2. The van der Waals surface area contributed by atoms with Crippen LogP contribution in [-0.4, -0.2) is 35.8 Å². The van der Waals surface area contributed by atoms with Crippen LogP contribution in [0.2, 0.25) is 0 Å². The zero-order valence-corrected chi connectivity index (χ0v) is 12.7. The molecule has 1 atom stereocenters. The first kappa shape index (κ1) is 16.5. The average molecular weight is 317 g/mol. The highest BCUT2D eigenvalue weighted by atomic mass is 19.1. The fourth-order valence-corrected chi connectivity index (χ4v) is 2.12. The molecule has 1 aliphatic heterocycles. The third-order valence-corrected chi connectivity index (χ3v) is 3.04. The Labute approximate surface area is 126 Å². The van der Waals surface area contributed by atoms with Gasteiger partial charge in [-0.05, 0) is 20.8 Å². The van der Waals surface area contributed by atoms with Crippen molar-refractivity contribution >= 4 is 6.09 Å². The summed E-state index contributed by atoms with van der Waals surface area (Å²) in [6.07, 6.45) is -0.657. The minimum absolute atomic E-state index is 0.158. The molecule has 1 aromatic carbocycles. The molecule has 1 saturated heterocycles. The number of likely N-dealkylation sites (tertiary alicyclic amines) is 1. The first-order chi connectivity index (χ1) is 10.2. The molecule has 0 radical (unpaired) electrons. The van der Waals surface area contributed by atoms with E-state index in [2.05, 4.69) is 0 Å². The van der Waals surface area contributed by atoms with Crippen LogP contribution in [0.4, 0.5) is 18.0 Å². The Hall–Kier alpha value is -1.92. The van der Waals surface area contributed by atoms with Gasteiger partial charge in [0.25, 0.3) is 0 Å². The molecule has 7 heteroatoms. The van der Waals surface area contributed by atoms with Crippen molar-refractivity contribution in [2.45, 2.75) is 38.9 Å². The van der Waals surface area contributed by atoms with Crippen molar-refractivity contribution in [2.24, 2.45) is 0 Å². The van der Waals surface area contributed by atoms with Crippen molar-refractivity contribution in [3.05, 3.63) is 29.6 Å². The fourth-order valence-electron chi connectivity index (χ4n) is 2.12. The number of carbonyl (C=O) groups is 1. The van der Waals surface area contributed by atoms with Gasteiger partial charge in [0.1, 0.15) is 17.5 Å². The molecule has 0 bridgehead atoms. The van der Waals surface area contributed by atoms with Crippen LogP contribution < -0.4 is 4.74 Å². The first-order valence-electron chi connectivity index (χ1n) is 6.95. The van der Waals surface area contributed by atoms with Gasteiger partial charge in [0.2, 0.25) is 0 Å². The highest BCUT2D eigenvalue weighted by Gasteiger charge is 2.32. The smallest absolute Gasteiger partial charge is 0.410 e. The molecule has 0 spiro atoms. The lowest BCUT2D eigenvalue weighted by molar-refractivity contribution is 0.0274. The third kappa shape index (κ3) is 4.05. The van der Waals surface area contributed by atoms with Crippen LogP contribution >= 0.6 is 0 Å². The van der Waals surface area contributed by atoms with E-state index in [-0.39, 0.29) is 6.54 Å². The molecule has 122 valence electrons. The summed E-state index contributed by atoms with van der Waals surface area (Å²) in [5.74, 6) is -3.84. The maximum Gasteiger partial charge on any atom is 0.410 e. The highest BCUT2D eigenvalue weighted by Crippen LogP contribution is 2.26. The van der Waals surface area contributed by atoms with Gasteiger partial charge in [-0.25, -0.2) is 18.0 Å². The van der Waals surface area contributed by atoms with Gasteiger partial charge < -0.3 is 14.4 Å². The van der Waals surface area contributed by atoms with Crippen molar-refractivity contribution < 1.29 is 27.4 Å². The largest absolute Gasteiger partial charge is 0.482 e. The minimum Gasteiger partial charge on any atom is -0.482 e. The Balaban J connectivity index is 1.99. The summed E-state index contributed by atoms with van der Waals surface area (Å²) >= 11 is 0. The van der Waals surface area contributed by atoms with E-state index >= 15 is 0 Å². The minimum atomic E-state index is -1.10. The van der Waals surface area contributed by atoms with Crippen LogP contribution in [0.15, 0.2) is 12.1 Å². The van der Waals surface area contributed by atoms with Crippen LogP contribution in [0.3, 0.4) is 0 Å². The summed E-state index contributed by atoms with van der Waals surface area (Å²) < 4.78 is 50.4. The summed E-state index contributed by atoms with van der Waals surface area (Å²) in [6, 6.07) is 1.11. The Bertz CT molecular complexity index is 549. The normalized spacial score (nSPS) is 18.5. The van der Waals surface area contributed by atoms with Crippen molar-refractivity contribution in [3.63, 3.8) is 0 Å². The summed E-state index contributed by atoms with van der Waals surface area (Å²) in [5.41, 5.74) is -0.620. The lowest BCUT2D eigenvalue weighted by Gasteiger charge is -2.24. The lowest BCUT2D eigenvalue weighted by atomic mass is 10.2. The lowest BCUT2D eigenvalue weighted by Crippen LogP contribution is -2.36. The fraction of sp³-hybridized carbons (Fsp3) is 0.533. The molecule has 22 heavy (non-hydrogen) atoms. The molecule has 1 heterocycles. The maximum absolute atomic E-state index is 13.5. The van der Waals surface area contributed by atoms with E-state index in [0.29, 0.717) is 25.1 Å². The van der Waals surface area contributed by atoms with Gasteiger partial charge in [0.05, 0.1) is 6.54 Å². The monoisotopic (exact) mass is 317 g/mol. The molecule has 1 fully saturated rings. The van der Waals surface area contributed by atoms with Crippen molar-refractivity contribution in [2.75, 3.05) is 13.1 Å². The number of hydrogen-bond donors (Lipinski definition) is 0. The van der Waals surface area contributed by atoms with E-state index < -0.39 is 41.0 Å². The molecule has 0 unspecified atom stereocenters. The third-order valence-electron chi connectivity index (χ3n) is 3.04. The Morgan fingerprint density at radius 2 is 1.82 bits per heavy atom. The van der Waals surface area contributed by atoms with E-state index in [0.717, 1.165) is 0 Å². The number of rotatable bonds is 2. The molecule has 1 amide bonds. The average Bonchev–Trinajstić information content (AvgIpc) is 2.80. The van der Waals surface area contributed by atoms with Gasteiger partial charge in [-0.1, -0.05) is 0 Å². The van der Waals surface area contributed by atoms with Gasteiger partial charge in [-0.2, -0.15) is 0 Å². The van der Waals surface area contributed by atoms with Crippen LogP contribution in [0.25, 0.3) is 0 Å². The maximum atomic E-state index is 13.5. The second-order valence-corrected chi connectivity index (χ2v) is 6.15. The van der Waals surface area contributed by atoms with Crippen LogP contribution in [0.1, 0.15) is 27.2 Å². The molecular formula is C15H18F3NO3. The summed E-state index contributed by atoms with van der Waals surface area (Å²) in [5, 5.41) is 0. The first-order valence-corrected chi connectivity index (χ1v) is 6.95. The number of amides is 1. The molecule has 0 aliphatic carbocycles. The predicted octanol–water partition coefficient (Wildman–Crippen LogP) is 3.49. The van der Waals surface area contributed by atoms with Crippen molar-refractivity contribution in [3.8, 4) is 5.75 Å². The van der Waals surface area contributed by atoms with Gasteiger partial charge >= 0.3 is 6.09 Å². The molecular weight excluding hydrogens is 299 g/mol. The van der Waals surface area contributed by atoms with E-state index in [4.69, 9.17) is 9.47 Å². The zero-order chi connectivity index (χ0) is 16.5. The second-order valence-electron chi connectivity index (χ2n) is 6.15. The number of carbonyl (C=O) groups excluding carboxylic acids is 1. The Kier molecular flexibility index (Phi) is 4.53. The van der Waals surface area contributed by atoms with E-state index in [1.807, 2.05) is 0 Å². The summed E-state index contributed by atoms with van der Waals surface area (Å²) in [4.78, 5) is 13.3. The molecule has 0 aromatic heterocycles. The predicted molar refractivity (Wildman–Crippen MR) is 73.2 cm³/mol. The summed E-state index contributed by atoms with van der Waals surface area (Å²) in [7, 11) is 0. The molecule has 2 rings (SSSR count). The molecule has 1 aromatic rings. The van der Waals surface area contributed by atoms with E-state index in [1.165, 1.54) is 4.90 Å². The van der Waals surface area contributed by atoms with E-state index in [1.54, 1.807) is 20.8 Å². The van der Waals surface area contributed by atoms with Crippen LogP contribution in [-0.2, 0) is 4.74 Å². The number of benzene rings is 1. The van der Waals surface area contributed by atoms with Gasteiger partial charge in [-0.15, -0.1) is 0 Å². The highest BCUT2D eigenvalue weighted by molar-refractivity contribution is 5.68. The Morgan fingerprint density at radius 3 is 2.36 bits per heavy atom. The van der Waals surface area contributed by atoms with Crippen molar-refractivity contribution in [1.82, 2.24) is 4.90 Å². The SMILES string of the molecule is CC(C)(C)OC(=O)N1CC[C@@H](Oc2c(F)cc(F)cc2F)C1. The molecule has 4 nitrogen and oxygen atoms in total. The van der Waals surface area contributed by atoms with Gasteiger partial charge in [0, 0.05) is 25.1 Å². The molecule has 0 N–H and O–H groups in total. The zero-order valence-electron chi connectivity index (χ0n) is 12.7. The molecule has 1 aliphatic rings. The standard InChI is InChI=1S/C15H18F3NO3/c1-15(2,3)22-14(20)19-5-4-10(8-19)21-13-11(17)6-9(16)7-12(13)18/h6-7,10H,4-5,8H2,1-3H3/t10-/m1/s1.